The van der Waals surface area contributed by atoms with Gasteiger partial charge in [-0.05, 0) is 6.42 Å². The van der Waals surface area contributed by atoms with Gasteiger partial charge in [-0.25, -0.2) is 0 Å². The number of primary amides is 1. The van der Waals surface area contributed by atoms with Crippen LogP contribution in [0, 0.1) is 0 Å². The third kappa shape index (κ3) is 1.51. The summed E-state index contributed by atoms with van der Waals surface area (Å²) in [5.74, 6) is -0.536. The SMILES string of the molecule is NC(=O)C1CCN1C(=O)c1cc(N)n[nH]1. The molecule has 7 nitrogen and oxygen atoms in total. The molecule has 2 rings (SSSR count). The van der Waals surface area contributed by atoms with Gasteiger partial charge in [-0.3, -0.25) is 14.7 Å². The molecule has 5 N–H and O–H groups in total. The Morgan fingerprint density at radius 1 is 1.60 bits per heavy atom. The van der Waals surface area contributed by atoms with Crippen LogP contribution in [0.1, 0.15) is 16.9 Å². The molecular weight excluding hydrogens is 198 g/mol. The maximum absolute atomic E-state index is 11.7. The molecule has 1 saturated heterocycles. The quantitative estimate of drug-likeness (QED) is 0.560. The number of anilines is 1. The standard InChI is InChI=1S/C8H11N5O2/c9-6-3-4(11-12-6)8(15)13-2-1-5(13)7(10)14/h3,5H,1-2H2,(H2,10,14)(H3,9,11,12). The molecular formula is C8H11N5O2. The molecule has 1 aliphatic heterocycles. The van der Waals surface area contributed by atoms with Crippen molar-refractivity contribution in [1.29, 1.82) is 0 Å². The monoisotopic (exact) mass is 209 g/mol. The molecule has 1 aliphatic rings. The van der Waals surface area contributed by atoms with Crippen molar-refractivity contribution in [3.05, 3.63) is 11.8 Å². The zero-order valence-corrected chi connectivity index (χ0v) is 7.93. The van der Waals surface area contributed by atoms with Crippen LogP contribution in [0.5, 0.6) is 0 Å². The van der Waals surface area contributed by atoms with Crippen LogP contribution in [0.2, 0.25) is 0 Å². The van der Waals surface area contributed by atoms with E-state index in [4.69, 9.17) is 11.5 Å². The van der Waals surface area contributed by atoms with Gasteiger partial charge in [-0.2, -0.15) is 5.10 Å². The first-order valence-electron chi connectivity index (χ1n) is 4.51. The van der Waals surface area contributed by atoms with E-state index >= 15 is 0 Å². The number of carbonyl (C=O) groups excluding carboxylic acids is 2. The number of aromatic amines is 1. The molecule has 1 atom stereocenters. The molecule has 7 heteroatoms. The molecule has 1 fully saturated rings. The topological polar surface area (TPSA) is 118 Å². The van der Waals surface area contributed by atoms with E-state index in [1.165, 1.54) is 11.0 Å². The predicted molar refractivity (Wildman–Crippen MR) is 51.6 cm³/mol. The largest absolute Gasteiger partial charge is 0.382 e. The van der Waals surface area contributed by atoms with E-state index in [0.717, 1.165) is 0 Å². The predicted octanol–water partition coefficient (Wildman–Crippen LogP) is -1.31. The van der Waals surface area contributed by atoms with E-state index in [2.05, 4.69) is 10.2 Å². The summed E-state index contributed by atoms with van der Waals surface area (Å²) < 4.78 is 0. The number of likely N-dealkylation sites (tertiary alicyclic amines) is 1. The molecule has 2 heterocycles. The number of nitrogen functional groups attached to an aromatic ring is 1. The Morgan fingerprint density at radius 2 is 2.33 bits per heavy atom. The molecule has 80 valence electrons. The smallest absolute Gasteiger partial charge is 0.272 e. The Labute approximate surface area is 85.4 Å². The second kappa shape index (κ2) is 3.26. The van der Waals surface area contributed by atoms with Gasteiger partial charge in [0.1, 0.15) is 17.6 Å². The summed E-state index contributed by atoms with van der Waals surface area (Å²) in [5, 5.41) is 6.13. The van der Waals surface area contributed by atoms with Gasteiger partial charge in [0, 0.05) is 12.6 Å². The van der Waals surface area contributed by atoms with Gasteiger partial charge in [-0.1, -0.05) is 0 Å². The number of aromatic nitrogens is 2. The number of amides is 2. The summed E-state index contributed by atoms with van der Waals surface area (Å²) in [7, 11) is 0. The maximum atomic E-state index is 11.7. The van der Waals surface area contributed by atoms with Gasteiger partial charge in [0.15, 0.2) is 0 Å². The third-order valence-corrected chi connectivity index (χ3v) is 2.44. The van der Waals surface area contributed by atoms with Crippen LogP contribution in [0.3, 0.4) is 0 Å². The van der Waals surface area contributed by atoms with E-state index in [-0.39, 0.29) is 17.4 Å². The van der Waals surface area contributed by atoms with Crippen molar-refractivity contribution < 1.29 is 9.59 Å². The van der Waals surface area contributed by atoms with Crippen molar-refractivity contribution in [3.8, 4) is 0 Å². The average molecular weight is 209 g/mol. The lowest BCUT2D eigenvalue weighted by Gasteiger charge is -2.38. The highest BCUT2D eigenvalue weighted by Crippen LogP contribution is 2.19. The van der Waals surface area contributed by atoms with Crippen LogP contribution >= 0.6 is 0 Å². The van der Waals surface area contributed by atoms with Crippen molar-refractivity contribution in [3.63, 3.8) is 0 Å². The molecule has 0 bridgehead atoms. The van der Waals surface area contributed by atoms with Crippen molar-refractivity contribution in [2.45, 2.75) is 12.5 Å². The van der Waals surface area contributed by atoms with Gasteiger partial charge < -0.3 is 16.4 Å². The molecule has 0 spiro atoms. The molecule has 1 unspecified atom stereocenters. The van der Waals surface area contributed by atoms with Crippen LogP contribution < -0.4 is 11.5 Å². The molecule has 15 heavy (non-hydrogen) atoms. The normalized spacial score (nSPS) is 19.7. The number of carbonyl (C=O) groups is 2. The Balaban J connectivity index is 2.12. The highest BCUT2D eigenvalue weighted by atomic mass is 16.2. The number of hydrogen-bond donors (Lipinski definition) is 3. The average Bonchev–Trinajstić information content (AvgIpc) is 2.48. The highest BCUT2D eigenvalue weighted by molar-refractivity contribution is 5.97. The number of hydrogen-bond acceptors (Lipinski definition) is 4. The van der Waals surface area contributed by atoms with E-state index < -0.39 is 11.9 Å². The first kappa shape index (κ1) is 9.50. The summed E-state index contributed by atoms with van der Waals surface area (Å²) in [4.78, 5) is 24.1. The number of nitrogens with one attached hydrogen (secondary N) is 1. The van der Waals surface area contributed by atoms with Gasteiger partial charge in [0.25, 0.3) is 5.91 Å². The van der Waals surface area contributed by atoms with Gasteiger partial charge >= 0.3 is 0 Å². The zero-order chi connectivity index (χ0) is 11.0. The van der Waals surface area contributed by atoms with Crippen molar-refractivity contribution >= 4 is 17.6 Å². The number of nitrogens with two attached hydrogens (primary N) is 2. The Bertz CT molecular complexity index is 413. The molecule has 0 aliphatic carbocycles. The lowest BCUT2D eigenvalue weighted by molar-refractivity contribution is -0.125. The van der Waals surface area contributed by atoms with Crippen LogP contribution in [-0.4, -0.2) is 39.5 Å². The van der Waals surface area contributed by atoms with Gasteiger partial charge in [0.2, 0.25) is 5.91 Å². The number of nitrogens with zero attached hydrogens (tertiary/aromatic N) is 2. The van der Waals surface area contributed by atoms with Crippen LogP contribution in [0.25, 0.3) is 0 Å². The summed E-state index contributed by atoms with van der Waals surface area (Å²) in [6.07, 6.45) is 0.616. The highest BCUT2D eigenvalue weighted by Gasteiger charge is 2.37. The minimum atomic E-state index is -0.498. The van der Waals surface area contributed by atoms with Crippen molar-refractivity contribution in [2.24, 2.45) is 5.73 Å². The summed E-state index contributed by atoms with van der Waals surface area (Å²) in [6.45, 7) is 0.533. The third-order valence-electron chi connectivity index (χ3n) is 2.44. The Hall–Kier alpha value is -2.05. The lowest BCUT2D eigenvalue weighted by atomic mass is 10.0. The summed E-state index contributed by atoms with van der Waals surface area (Å²) in [5.41, 5.74) is 10.8. The minimum Gasteiger partial charge on any atom is -0.382 e. The molecule has 2 amide bonds. The Morgan fingerprint density at radius 3 is 2.73 bits per heavy atom. The van der Waals surface area contributed by atoms with E-state index in [1.54, 1.807) is 0 Å². The van der Waals surface area contributed by atoms with Crippen LogP contribution in [0.4, 0.5) is 5.82 Å². The van der Waals surface area contributed by atoms with Gasteiger partial charge in [-0.15, -0.1) is 0 Å². The van der Waals surface area contributed by atoms with Gasteiger partial charge in [0.05, 0.1) is 0 Å². The van der Waals surface area contributed by atoms with E-state index in [0.29, 0.717) is 13.0 Å². The molecule has 0 radical (unpaired) electrons. The summed E-state index contributed by atoms with van der Waals surface area (Å²) in [6, 6.07) is 0.931. The van der Waals surface area contributed by atoms with Crippen LogP contribution in [-0.2, 0) is 4.79 Å². The van der Waals surface area contributed by atoms with E-state index in [9.17, 15) is 9.59 Å². The number of H-pyrrole nitrogens is 1. The molecule has 1 aromatic heterocycles. The fourth-order valence-electron chi connectivity index (χ4n) is 1.53. The fraction of sp³-hybridized carbons (Fsp3) is 0.375. The van der Waals surface area contributed by atoms with Crippen molar-refractivity contribution in [1.82, 2.24) is 15.1 Å². The second-order valence-corrected chi connectivity index (χ2v) is 3.41. The fourth-order valence-corrected chi connectivity index (χ4v) is 1.53. The molecule has 0 saturated carbocycles. The lowest BCUT2D eigenvalue weighted by Crippen LogP contribution is -2.57. The zero-order valence-electron chi connectivity index (χ0n) is 7.93. The van der Waals surface area contributed by atoms with Crippen LogP contribution in [0.15, 0.2) is 6.07 Å². The second-order valence-electron chi connectivity index (χ2n) is 3.41. The minimum absolute atomic E-state index is 0.245. The maximum Gasteiger partial charge on any atom is 0.272 e. The first-order chi connectivity index (χ1) is 7.09. The van der Waals surface area contributed by atoms with E-state index in [1.807, 2.05) is 0 Å². The molecule has 0 aromatic carbocycles. The van der Waals surface area contributed by atoms with Crippen molar-refractivity contribution in [2.75, 3.05) is 12.3 Å². The first-order valence-corrected chi connectivity index (χ1v) is 4.51. The molecule has 1 aromatic rings. The Kier molecular flexibility index (Phi) is 2.07. The summed E-state index contributed by atoms with van der Waals surface area (Å²) >= 11 is 0. The number of rotatable bonds is 2.